The summed E-state index contributed by atoms with van der Waals surface area (Å²) < 4.78 is 6.33. The Morgan fingerprint density at radius 3 is 2.19 bits per heavy atom. The van der Waals surface area contributed by atoms with Gasteiger partial charge >= 0.3 is 0 Å². The van der Waals surface area contributed by atoms with Crippen LogP contribution in [-0.2, 0) is 5.41 Å². The fourth-order valence-electron chi connectivity index (χ4n) is 3.02. The van der Waals surface area contributed by atoms with Crippen molar-refractivity contribution in [2.45, 2.75) is 40.0 Å². The molecule has 1 heteroatoms. The molecule has 0 amide bonds. The first kappa shape index (κ1) is 19.0. The van der Waals surface area contributed by atoms with Crippen LogP contribution >= 0.6 is 0 Å². The molecule has 0 N–H and O–H groups in total. The zero-order valence-corrected chi connectivity index (χ0v) is 16.9. The van der Waals surface area contributed by atoms with Gasteiger partial charge in [0, 0.05) is 5.56 Å². The van der Waals surface area contributed by atoms with Gasteiger partial charge in [-0.25, -0.2) is 0 Å². The molecule has 0 atom stereocenters. The van der Waals surface area contributed by atoms with Crippen molar-refractivity contribution in [2.24, 2.45) is 0 Å². The fraction of sp³-hybridized carbons (Fsp3) is 0.231. The maximum absolute atomic E-state index is 6.33. The monoisotopic (exact) mass is 356 g/mol. The summed E-state index contributed by atoms with van der Waals surface area (Å²) >= 11 is 0. The van der Waals surface area contributed by atoms with Gasteiger partial charge in [0.25, 0.3) is 0 Å². The van der Waals surface area contributed by atoms with Gasteiger partial charge in [0.2, 0.25) is 0 Å². The first-order valence-electron chi connectivity index (χ1n) is 9.49. The van der Waals surface area contributed by atoms with Crippen LogP contribution in [0.25, 0.3) is 17.2 Å². The summed E-state index contributed by atoms with van der Waals surface area (Å²) in [5.74, 6) is 1.74. The van der Waals surface area contributed by atoms with E-state index in [0.717, 1.165) is 22.6 Å². The van der Waals surface area contributed by atoms with E-state index in [1.54, 1.807) is 0 Å². The van der Waals surface area contributed by atoms with Gasteiger partial charge in [0.1, 0.15) is 11.5 Å². The number of benzene rings is 3. The number of hydrogen-bond donors (Lipinski definition) is 0. The Kier molecular flexibility index (Phi) is 5.51. The molecule has 138 valence electrons. The van der Waals surface area contributed by atoms with Crippen LogP contribution in [0.4, 0.5) is 0 Å². The first-order valence-corrected chi connectivity index (χ1v) is 9.49. The number of aryl methyl sites for hydroxylation is 1. The molecule has 0 spiro atoms. The van der Waals surface area contributed by atoms with Crippen molar-refractivity contribution < 1.29 is 4.74 Å². The van der Waals surface area contributed by atoms with Gasteiger partial charge in [-0.2, -0.15) is 0 Å². The van der Waals surface area contributed by atoms with Crippen LogP contribution in [0.15, 0.2) is 72.8 Å². The summed E-state index contributed by atoms with van der Waals surface area (Å²) in [7, 11) is 0. The molecule has 0 saturated carbocycles. The molecule has 0 unspecified atom stereocenters. The lowest BCUT2D eigenvalue weighted by Gasteiger charge is -2.20. The molecule has 3 aromatic carbocycles. The lowest BCUT2D eigenvalue weighted by Crippen LogP contribution is -2.10. The van der Waals surface area contributed by atoms with E-state index in [-0.39, 0.29) is 5.41 Å². The zero-order valence-electron chi connectivity index (χ0n) is 16.9. The maximum Gasteiger partial charge on any atom is 0.135 e. The SMILES string of the molecule is C/C=C/c1ccc(-c2ccc(C)cc2)cc1Oc1cccc(C(C)(C)C)c1. The highest BCUT2D eigenvalue weighted by molar-refractivity contribution is 5.70. The summed E-state index contributed by atoms with van der Waals surface area (Å²) in [5.41, 5.74) is 6.05. The van der Waals surface area contributed by atoms with E-state index < -0.39 is 0 Å². The van der Waals surface area contributed by atoms with Crippen LogP contribution in [0.5, 0.6) is 11.5 Å². The predicted octanol–water partition coefficient (Wildman–Crippen LogP) is 7.78. The fourth-order valence-corrected chi connectivity index (χ4v) is 3.02. The standard InChI is InChI=1S/C26H28O/c1-6-8-21-15-16-22(20-13-11-19(2)12-14-20)17-25(21)27-24-10-7-9-23(18-24)26(3,4)5/h6-18H,1-5H3/b8-6+. The zero-order chi connectivity index (χ0) is 19.4. The third kappa shape index (κ3) is 4.68. The second kappa shape index (κ2) is 7.84. The largest absolute Gasteiger partial charge is 0.457 e. The Labute approximate surface area is 163 Å². The van der Waals surface area contributed by atoms with Crippen LogP contribution in [-0.4, -0.2) is 0 Å². The van der Waals surface area contributed by atoms with E-state index in [0.29, 0.717) is 0 Å². The highest BCUT2D eigenvalue weighted by Gasteiger charge is 2.14. The van der Waals surface area contributed by atoms with Gasteiger partial charge in [0.05, 0.1) is 0 Å². The summed E-state index contributed by atoms with van der Waals surface area (Å²) in [4.78, 5) is 0. The van der Waals surface area contributed by atoms with Crippen molar-refractivity contribution in [3.8, 4) is 22.6 Å². The van der Waals surface area contributed by atoms with Crippen molar-refractivity contribution >= 4 is 6.08 Å². The van der Waals surface area contributed by atoms with Crippen molar-refractivity contribution in [3.63, 3.8) is 0 Å². The molecule has 3 rings (SSSR count). The van der Waals surface area contributed by atoms with Crippen LogP contribution < -0.4 is 4.74 Å². The Bertz CT molecular complexity index is 941. The van der Waals surface area contributed by atoms with Crippen molar-refractivity contribution in [3.05, 3.63) is 89.5 Å². The van der Waals surface area contributed by atoms with Crippen LogP contribution in [0, 0.1) is 6.92 Å². The highest BCUT2D eigenvalue weighted by Crippen LogP contribution is 2.33. The molecule has 0 radical (unpaired) electrons. The Morgan fingerprint density at radius 1 is 0.815 bits per heavy atom. The molecule has 0 heterocycles. The van der Waals surface area contributed by atoms with E-state index in [1.807, 2.05) is 19.1 Å². The second-order valence-corrected chi connectivity index (χ2v) is 8.00. The number of rotatable bonds is 4. The van der Waals surface area contributed by atoms with E-state index >= 15 is 0 Å². The van der Waals surface area contributed by atoms with Crippen LogP contribution in [0.1, 0.15) is 44.4 Å². The van der Waals surface area contributed by atoms with Gasteiger partial charge in [-0.15, -0.1) is 0 Å². The van der Waals surface area contributed by atoms with E-state index in [1.165, 1.54) is 16.7 Å². The Balaban J connectivity index is 2.00. The molecule has 0 bridgehead atoms. The molecule has 0 saturated heterocycles. The molecule has 1 nitrogen and oxygen atoms in total. The smallest absolute Gasteiger partial charge is 0.135 e. The molecular formula is C26H28O. The molecule has 0 aliphatic heterocycles. The first-order chi connectivity index (χ1) is 12.9. The van der Waals surface area contributed by atoms with Crippen molar-refractivity contribution in [1.29, 1.82) is 0 Å². The third-order valence-electron chi connectivity index (χ3n) is 4.67. The quantitative estimate of drug-likeness (QED) is 0.463. The molecule has 0 fully saturated rings. The minimum atomic E-state index is 0.0925. The van der Waals surface area contributed by atoms with Crippen LogP contribution in [0.2, 0.25) is 0 Å². The van der Waals surface area contributed by atoms with Gasteiger partial charge in [-0.05, 0) is 54.2 Å². The molecule has 0 aliphatic carbocycles. The third-order valence-corrected chi connectivity index (χ3v) is 4.67. The minimum absolute atomic E-state index is 0.0925. The average molecular weight is 357 g/mol. The predicted molar refractivity (Wildman–Crippen MR) is 117 cm³/mol. The van der Waals surface area contributed by atoms with E-state index in [9.17, 15) is 0 Å². The van der Waals surface area contributed by atoms with Crippen molar-refractivity contribution in [1.82, 2.24) is 0 Å². The topological polar surface area (TPSA) is 9.23 Å². The molecule has 0 aliphatic rings. The van der Waals surface area contributed by atoms with Crippen LogP contribution in [0.3, 0.4) is 0 Å². The lowest BCUT2D eigenvalue weighted by atomic mass is 9.87. The van der Waals surface area contributed by atoms with Gasteiger partial charge in [0.15, 0.2) is 0 Å². The van der Waals surface area contributed by atoms with E-state index in [2.05, 4.69) is 94.4 Å². The van der Waals surface area contributed by atoms with E-state index in [4.69, 9.17) is 4.74 Å². The molecular weight excluding hydrogens is 328 g/mol. The summed E-state index contributed by atoms with van der Waals surface area (Å²) in [6.45, 7) is 10.8. The summed E-state index contributed by atoms with van der Waals surface area (Å²) in [5, 5.41) is 0. The van der Waals surface area contributed by atoms with Gasteiger partial charge in [-0.3, -0.25) is 0 Å². The maximum atomic E-state index is 6.33. The Hall–Kier alpha value is -2.80. The number of hydrogen-bond acceptors (Lipinski definition) is 1. The second-order valence-electron chi connectivity index (χ2n) is 8.00. The summed E-state index contributed by atoms with van der Waals surface area (Å²) in [6, 6.07) is 23.4. The molecule has 27 heavy (non-hydrogen) atoms. The van der Waals surface area contributed by atoms with Crippen molar-refractivity contribution in [2.75, 3.05) is 0 Å². The lowest BCUT2D eigenvalue weighted by molar-refractivity contribution is 0.477. The number of allylic oxidation sites excluding steroid dienone is 1. The normalized spacial score (nSPS) is 11.7. The van der Waals surface area contributed by atoms with Gasteiger partial charge < -0.3 is 4.74 Å². The highest BCUT2D eigenvalue weighted by atomic mass is 16.5. The molecule has 0 aromatic heterocycles. The summed E-state index contributed by atoms with van der Waals surface area (Å²) in [6.07, 6.45) is 4.13. The average Bonchev–Trinajstić information content (AvgIpc) is 2.63. The Morgan fingerprint density at radius 2 is 1.52 bits per heavy atom. The minimum Gasteiger partial charge on any atom is -0.457 e. The number of ether oxygens (including phenoxy) is 1. The van der Waals surface area contributed by atoms with Gasteiger partial charge in [-0.1, -0.05) is 87.0 Å². The molecule has 3 aromatic rings.